The zero-order chi connectivity index (χ0) is 23.4. The highest BCUT2D eigenvalue weighted by atomic mass is 16.6. The predicted molar refractivity (Wildman–Crippen MR) is 129 cm³/mol. The SMILES string of the molecule is CC[C@H](NC(=O)Oc1c(C)n(-c2ccccc2)c(=O)c2c(OC)cccc12)c1ccccc1. The van der Waals surface area contributed by atoms with Crippen molar-refractivity contribution in [3.63, 3.8) is 0 Å². The van der Waals surface area contributed by atoms with Gasteiger partial charge in [-0.3, -0.25) is 9.36 Å². The first-order valence-corrected chi connectivity index (χ1v) is 10.9. The predicted octanol–water partition coefficient (Wildman–Crippen LogP) is 5.55. The van der Waals surface area contributed by atoms with Crippen LogP contribution in [0.15, 0.2) is 83.7 Å². The lowest BCUT2D eigenvalue weighted by molar-refractivity contribution is 0.195. The van der Waals surface area contributed by atoms with Gasteiger partial charge in [0.05, 0.1) is 24.2 Å². The summed E-state index contributed by atoms with van der Waals surface area (Å²) in [6, 6.07) is 24.1. The standard InChI is InChI=1S/C27H26N2O4/c1-4-22(19-12-7-5-8-13-19)28-27(31)33-25-18(2)29(20-14-9-6-10-15-20)26(30)24-21(25)16-11-17-23(24)32-3/h5-17,22H,4H2,1-3H3,(H,28,31)/t22-/m0/s1. The maximum Gasteiger partial charge on any atom is 0.413 e. The third kappa shape index (κ3) is 4.32. The van der Waals surface area contributed by atoms with Crippen LogP contribution in [0, 0.1) is 6.92 Å². The van der Waals surface area contributed by atoms with E-state index in [1.165, 1.54) is 7.11 Å². The average Bonchev–Trinajstić information content (AvgIpc) is 2.86. The lowest BCUT2D eigenvalue weighted by Gasteiger charge is -2.20. The van der Waals surface area contributed by atoms with E-state index in [2.05, 4.69) is 5.32 Å². The van der Waals surface area contributed by atoms with Gasteiger partial charge in [0, 0.05) is 11.1 Å². The molecule has 0 fully saturated rings. The van der Waals surface area contributed by atoms with Crippen molar-refractivity contribution in [1.82, 2.24) is 9.88 Å². The van der Waals surface area contributed by atoms with Crippen molar-refractivity contribution in [1.29, 1.82) is 0 Å². The number of amides is 1. The number of rotatable bonds is 6. The van der Waals surface area contributed by atoms with Gasteiger partial charge >= 0.3 is 6.09 Å². The van der Waals surface area contributed by atoms with Crippen molar-refractivity contribution in [2.45, 2.75) is 26.3 Å². The summed E-state index contributed by atoms with van der Waals surface area (Å²) < 4.78 is 12.9. The number of pyridine rings is 1. The van der Waals surface area contributed by atoms with E-state index < -0.39 is 6.09 Å². The van der Waals surface area contributed by atoms with Gasteiger partial charge in [-0.05, 0) is 37.1 Å². The molecule has 1 heterocycles. The molecular weight excluding hydrogens is 416 g/mol. The number of para-hydroxylation sites is 1. The topological polar surface area (TPSA) is 69.6 Å². The fourth-order valence-corrected chi connectivity index (χ4v) is 4.06. The molecular formula is C27H26N2O4. The minimum Gasteiger partial charge on any atom is -0.496 e. The molecule has 0 aliphatic heterocycles. The molecule has 0 spiro atoms. The molecule has 0 saturated heterocycles. The average molecular weight is 443 g/mol. The number of nitrogens with zero attached hydrogens (tertiary/aromatic N) is 1. The van der Waals surface area contributed by atoms with Crippen LogP contribution in [0.5, 0.6) is 11.5 Å². The Morgan fingerprint density at radius 1 is 0.970 bits per heavy atom. The minimum absolute atomic E-state index is 0.195. The maximum absolute atomic E-state index is 13.5. The lowest BCUT2D eigenvalue weighted by atomic mass is 10.1. The first kappa shape index (κ1) is 22.1. The van der Waals surface area contributed by atoms with Gasteiger partial charge in [-0.15, -0.1) is 0 Å². The van der Waals surface area contributed by atoms with E-state index in [9.17, 15) is 9.59 Å². The number of fused-ring (bicyclic) bond motifs is 1. The van der Waals surface area contributed by atoms with Crippen molar-refractivity contribution < 1.29 is 14.3 Å². The Morgan fingerprint density at radius 3 is 2.27 bits per heavy atom. The Labute approximate surface area is 192 Å². The van der Waals surface area contributed by atoms with Gasteiger partial charge in [0.25, 0.3) is 5.56 Å². The number of methoxy groups -OCH3 is 1. The molecule has 0 aliphatic carbocycles. The van der Waals surface area contributed by atoms with Gasteiger partial charge in [-0.25, -0.2) is 4.79 Å². The molecule has 1 atom stereocenters. The van der Waals surface area contributed by atoms with Crippen LogP contribution in [0.3, 0.4) is 0 Å². The number of hydrogen-bond donors (Lipinski definition) is 1. The highest BCUT2D eigenvalue weighted by Gasteiger charge is 2.22. The fourth-order valence-electron chi connectivity index (χ4n) is 4.06. The summed E-state index contributed by atoms with van der Waals surface area (Å²) in [6.07, 6.45) is 0.118. The normalized spacial score (nSPS) is 11.7. The van der Waals surface area contributed by atoms with Crippen LogP contribution in [-0.4, -0.2) is 17.8 Å². The fraction of sp³-hybridized carbons (Fsp3) is 0.185. The molecule has 4 rings (SSSR count). The van der Waals surface area contributed by atoms with Gasteiger partial charge in [0.1, 0.15) is 5.75 Å². The Balaban J connectivity index is 1.81. The zero-order valence-electron chi connectivity index (χ0n) is 18.9. The monoisotopic (exact) mass is 442 g/mol. The van der Waals surface area contributed by atoms with Crippen molar-refractivity contribution in [3.8, 4) is 17.2 Å². The highest BCUT2D eigenvalue weighted by molar-refractivity contribution is 5.95. The van der Waals surface area contributed by atoms with E-state index in [0.717, 1.165) is 5.56 Å². The van der Waals surface area contributed by atoms with E-state index in [1.807, 2.05) is 67.6 Å². The van der Waals surface area contributed by atoms with Crippen molar-refractivity contribution in [2.75, 3.05) is 7.11 Å². The van der Waals surface area contributed by atoms with Crippen molar-refractivity contribution in [3.05, 3.63) is 100 Å². The van der Waals surface area contributed by atoms with E-state index in [-0.39, 0.29) is 11.6 Å². The summed E-state index contributed by atoms with van der Waals surface area (Å²) >= 11 is 0. The van der Waals surface area contributed by atoms with Crippen LogP contribution in [0.4, 0.5) is 4.79 Å². The molecule has 1 amide bonds. The van der Waals surface area contributed by atoms with E-state index in [4.69, 9.17) is 9.47 Å². The Bertz CT molecular complexity index is 1330. The summed E-state index contributed by atoms with van der Waals surface area (Å²) in [4.78, 5) is 26.5. The first-order valence-electron chi connectivity index (χ1n) is 10.9. The van der Waals surface area contributed by atoms with Crippen LogP contribution in [0.1, 0.15) is 30.6 Å². The molecule has 0 unspecified atom stereocenters. The highest BCUT2D eigenvalue weighted by Crippen LogP contribution is 2.33. The molecule has 168 valence electrons. The summed E-state index contributed by atoms with van der Waals surface area (Å²) in [5.41, 5.74) is 1.95. The molecule has 1 N–H and O–H groups in total. The van der Waals surface area contributed by atoms with Crippen molar-refractivity contribution >= 4 is 16.9 Å². The van der Waals surface area contributed by atoms with E-state index >= 15 is 0 Å². The number of carbonyl (C=O) groups is 1. The number of ether oxygens (including phenoxy) is 2. The van der Waals surface area contributed by atoms with Crippen LogP contribution < -0.4 is 20.3 Å². The first-order chi connectivity index (χ1) is 16.0. The maximum atomic E-state index is 13.5. The van der Waals surface area contributed by atoms with E-state index in [1.54, 1.807) is 29.7 Å². The summed E-state index contributed by atoms with van der Waals surface area (Å²) in [5, 5.41) is 3.82. The van der Waals surface area contributed by atoms with Crippen LogP contribution in [0.25, 0.3) is 16.5 Å². The van der Waals surface area contributed by atoms with Gasteiger partial charge < -0.3 is 14.8 Å². The summed E-state index contributed by atoms with van der Waals surface area (Å²) in [5.74, 6) is 0.732. The van der Waals surface area contributed by atoms with Gasteiger partial charge in [-0.2, -0.15) is 0 Å². The molecule has 0 bridgehead atoms. The summed E-state index contributed by atoms with van der Waals surface area (Å²) in [6.45, 7) is 3.77. The van der Waals surface area contributed by atoms with Crippen LogP contribution in [-0.2, 0) is 0 Å². The molecule has 6 nitrogen and oxygen atoms in total. The number of carbonyl (C=O) groups excluding carboxylic acids is 1. The quantitative estimate of drug-likeness (QED) is 0.425. The second-order valence-electron chi connectivity index (χ2n) is 7.68. The molecule has 4 aromatic rings. The molecule has 3 aromatic carbocycles. The molecule has 0 radical (unpaired) electrons. The largest absolute Gasteiger partial charge is 0.496 e. The zero-order valence-corrected chi connectivity index (χ0v) is 18.9. The van der Waals surface area contributed by atoms with Crippen LogP contribution in [0.2, 0.25) is 0 Å². The molecule has 0 aliphatic rings. The number of nitrogens with one attached hydrogen (secondary N) is 1. The Hall–Kier alpha value is -4.06. The number of hydrogen-bond acceptors (Lipinski definition) is 4. The second-order valence-corrected chi connectivity index (χ2v) is 7.68. The number of benzene rings is 3. The third-order valence-electron chi connectivity index (χ3n) is 5.68. The second kappa shape index (κ2) is 9.61. The number of aromatic nitrogens is 1. The van der Waals surface area contributed by atoms with Gasteiger partial charge in [-0.1, -0.05) is 67.6 Å². The smallest absolute Gasteiger partial charge is 0.413 e. The molecule has 1 aromatic heterocycles. The Kier molecular flexibility index (Phi) is 6.45. The molecule has 6 heteroatoms. The van der Waals surface area contributed by atoms with Crippen LogP contribution >= 0.6 is 0 Å². The van der Waals surface area contributed by atoms with E-state index in [0.29, 0.717) is 40.1 Å². The minimum atomic E-state index is -0.587. The van der Waals surface area contributed by atoms with Gasteiger partial charge in [0.2, 0.25) is 0 Å². The summed E-state index contributed by atoms with van der Waals surface area (Å²) in [7, 11) is 1.51. The lowest BCUT2D eigenvalue weighted by Crippen LogP contribution is -2.32. The Morgan fingerprint density at radius 2 is 1.64 bits per heavy atom. The van der Waals surface area contributed by atoms with Crippen molar-refractivity contribution in [2.24, 2.45) is 0 Å². The third-order valence-corrected chi connectivity index (χ3v) is 5.68. The van der Waals surface area contributed by atoms with Gasteiger partial charge in [0.15, 0.2) is 5.75 Å². The molecule has 33 heavy (non-hydrogen) atoms. The molecule has 0 saturated carbocycles.